The van der Waals surface area contributed by atoms with Gasteiger partial charge in [0.1, 0.15) is 11.6 Å². The second-order valence-corrected chi connectivity index (χ2v) is 7.52. The van der Waals surface area contributed by atoms with Crippen LogP contribution in [0.15, 0.2) is 71.8 Å². The zero-order chi connectivity index (χ0) is 19.1. The molecular weight excluding hydrogens is 373 g/mol. The summed E-state index contributed by atoms with van der Waals surface area (Å²) in [5.74, 6) is 0.232. The molecule has 28 heavy (non-hydrogen) atoms. The van der Waals surface area contributed by atoms with Crippen LogP contribution in [0.1, 0.15) is 5.56 Å². The van der Waals surface area contributed by atoms with Gasteiger partial charge >= 0.3 is 0 Å². The minimum Gasteiger partial charge on any atom is -0.365 e. The topological polar surface area (TPSA) is 54.9 Å². The molecule has 0 fully saturated rings. The van der Waals surface area contributed by atoms with E-state index in [9.17, 15) is 9.18 Å². The van der Waals surface area contributed by atoms with Crippen molar-refractivity contribution in [2.45, 2.75) is 6.54 Å². The number of halogens is 1. The van der Waals surface area contributed by atoms with E-state index in [1.165, 1.54) is 23.5 Å². The van der Waals surface area contributed by atoms with E-state index in [0.29, 0.717) is 23.1 Å². The number of hydrogen-bond acceptors (Lipinski definition) is 5. The summed E-state index contributed by atoms with van der Waals surface area (Å²) in [6.07, 6.45) is 3.51. The second-order valence-electron chi connectivity index (χ2n) is 6.47. The van der Waals surface area contributed by atoms with Crippen LogP contribution in [0.4, 0.5) is 10.2 Å². The minimum absolute atomic E-state index is 0.175. The monoisotopic (exact) mass is 387 g/mol. The average Bonchev–Trinajstić information content (AvgIpc) is 2.73. The Kier molecular flexibility index (Phi) is 3.98. The van der Waals surface area contributed by atoms with E-state index in [0.717, 1.165) is 25.9 Å². The molecule has 5 aromatic rings. The van der Waals surface area contributed by atoms with Crippen LogP contribution < -0.4 is 10.7 Å². The molecule has 0 unspecified atom stereocenters. The minimum atomic E-state index is -0.413. The van der Waals surface area contributed by atoms with Crippen molar-refractivity contribution in [1.82, 2.24) is 9.97 Å². The third-order valence-corrected chi connectivity index (χ3v) is 5.83. The first-order chi connectivity index (χ1) is 13.7. The molecule has 0 saturated heterocycles. The van der Waals surface area contributed by atoms with E-state index >= 15 is 0 Å². The van der Waals surface area contributed by atoms with E-state index in [4.69, 9.17) is 4.98 Å². The van der Waals surface area contributed by atoms with Crippen molar-refractivity contribution >= 4 is 48.2 Å². The molecule has 0 bridgehead atoms. The Morgan fingerprint density at radius 2 is 1.93 bits per heavy atom. The van der Waals surface area contributed by atoms with Crippen molar-refractivity contribution in [1.29, 1.82) is 0 Å². The quantitative estimate of drug-likeness (QED) is 0.345. The van der Waals surface area contributed by atoms with E-state index in [2.05, 4.69) is 10.3 Å². The molecular formula is C22H14FN3OS. The molecule has 0 aliphatic rings. The van der Waals surface area contributed by atoms with Crippen molar-refractivity contribution < 1.29 is 4.39 Å². The summed E-state index contributed by atoms with van der Waals surface area (Å²) < 4.78 is 15.3. The van der Waals surface area contributed by atoms with E-state index in [1.807, 2.05) is 36.4 Å². The third kappa shape index (κ3) is 2.78. The highest BCUT2D eigenvalue weighted by atomic mass is 32.1. The zero-order valence-corrected chi connectivity index (χ0v) is 15.5. The van der Waals surface area contributed by atoms with Crippen LogP contribution >= 0.6 is 11.3 Å². The maximum atomic E-state index is 13.8. The van der Waals surface area contributed by atoms with Gasteiger partial charge in [-0.2, -0.15) is 0 Å². The van der Waals surface area contributed by atoms with E-state index < -0.39 is 5.82 Å². The molecule has 0 spiro atoms. The Hall–Kier alpha value is -3.38. The number of rotatable bonds is 3. The Balaban J connectivity index is 1.80. The van der Waals surface area contributed by atoms with Gasteiger partial charge in [0.2, 0.25) is 0 Å². The summed E-state index contributed by atoms with van der Waals surface area (Å²) in [5, 5.41) is 5.09. The van der Waals surface area contributed by atoms with Crippen molar-refractivity contribution in [3.8, 4) is 0 Å². The lowest BCUT2D eigenvalue weighted by atomic mass is 10.1. The Bertz CT molecular complexity index is 1400. The van der Waals surface area contributed by atoms with Gasteiger partial charge in [0.15, 0.2) is 5.43 Å². The predicted octanol–water partition coefficient (Wildman–Crippen LogP) is 5.11. The molecule has 0 aliphatic carbocycles. The first-order valence-corrected chi connectivity index (χ1v) is 9.60. The molecule has 3 heterocycles. The summed E-state index contributed by atoms with van der Waals surface area (Å²) >= 11 is 1.44. The average molecular weight is 387 g/mol. The first kappa shape index (κ1) is 16.8. The number of fused-ring (bicyclic) bond motifs is 4. The first-order valence-electron chi connectivity index (χ1n) is 8.78. The van der Waals surface area contributed by atoms with Crippen LogP contribution in [0, 0.1) is 5.82 Å². The van der Waals surface area contributed by atoms with Gasteiger partial charge in [0.25, 0.3) is 0 Å². The van der Waals surface area contributed by atoms with Gasteiger partial charge < -0.3 is 5.32 Å². The largest absolute Gasteiger partial charge is 0.365 e. The number of hydrogen-bond donors (Lipinski definition) is 1. The standard InChI is InChI=1S/C22H14FN3OS/c23-14-7-8-18-16(10-14)20(27)19-15-5-1-2-6-17(15)26-22(21(19)28-18)25-12-13-4-3-9-24-11-13/h1-11H,12H2,(H,25,26). The van der Waals surface area contributed by atoms with Crippen LogP contribution in [0.2, 0.25) is 0 Å². The van der Waals surface area contributed by atoms with Gasteiger partial charge in [-0.25, -0.2) is 9.37 Å². The van der Waals surface area contributed by atoms with Gasteiger partial charge in [-0.3, -0.25) is 9.78 Å². The van der Waals surface area contributed by atoms with Crippen molar-refractivity contribution in [3.05, 3.63) is 88.6 Å². The number of aromatic nitrogens is 2. The molecule has 4 nitrogen and oxygen atoms in total. The Morgan fingerprint density at radius 1 is 1.04 bits per heavy atom. The highest BCUT2D eigenvalue weighted by Crippen LogP contribution is 2.34. The fourth-order valence-electron chi connectivity index (χ4n) is 3.34. The summed E-state index contributed by atoms with van der Waals surface area (Å²) in [5.41, 5.74) is 1.57. The fourth-order valence-corrected chi connectivity index (χ4v) is 4.48. The molecule has 5 rings (SSSR count). The maximum Gasteiger partial charge on any atom is 0.196 e. The lowest BCUT2D eigenvalue weighted by molar-refractivity contribution is 0.630. The highest BCUT2D eigenvalue weighted by Gasteiger charge is 2.15. The van der Waals surface area contributed by atoms with Crippen molar-refractivity contribution in [2.75, 3.05) is 5.32 Å². The summed E-state index contributed by atoms with van der Waals surface area (Å²) in [6.45, 7) is 0.538. The summed E-state index contributed by atoms with van der Waals surface area (Å²) in [6, 6.07) is 15.7. The molecule has 6 heteroatoms. The third-order valence-electron chi connectivity index (χ3n) is 4.66. The van der Waals surface area contributed by atoms with Crippen molar-refractivity contribution in [2.24, 2.45) is 0 Å². The molecule has 0 saturated carbocycles. The molecule has 0 aliphatic heterocycles. The molecule has 0 atom stereocenters. The Morgan fingerprint density at radius 3 is 2.79 bits per heavy atom. The van der Waals surface area contributed by atoms with Gasteiger partial charge in [-0.1, -0.05) is 24.3 Å². The predicted molar refractivity (Wildman–Crippen MR) is 112 cm³/mol. The SMILES string of the molecule is O=c1c2cc(F)ccc2sc2c(NCc3cccnc3)nc3ccccc3c12. The van der Waals surface area contributed by atoms with Crippen LogP contribution in [0.3, 0.4) is 0 Å². The van der Waals surface area contributed by atoms with Crippen LogP contribution in [-0.2, 0) is 6.54 Å². The molecule has 0 amide bonds. The molecule has 136 valence electrons. The normalized spacial score (nSPS) is 11.3. The maximum absolute atomic E-state index is 13.8. The zero-order valence-electron chi connectivity index (χ0n) is 14.6. The fraction of sp³-hybridized carbons (Fsp3) is 0.0455. The van der Waals surface area contributed by atoms with Gasteiger partial charge in [0.05, 0.1) is 15.6 Å². The molecule has 3 aromatic heterocycles. The number of para-hydroxylation sites is 1. The number of anilines is 1. The summed E-state index contributed by atoms with van der Waals surface area (Å²) in [7, 11) is 0. The van der Waals surface area contributed by atoms with Crippen LogP contribution in [-0.4, -0.2) is 9.97 Å². The number of pyridine rings is 2. The van der Waals surface area contributed by atoms with E-state index in [-0.39, 0.29) is 5.43 Å². The lowest BCUT2D eigenvalue weighted by Gasteiger charge is -2.12. The smallest absolute Gasteiger partial charge is 0.196 e. The molecule has 0 radical (unpaired) electrons. The molecule has 2 aromatic carbocycles. The second kappa shape index (κ2) is 6.65. The van der Waals surface area contributed by atoms with Gasteiger partial charge in [-0.05, 0) is 35.9 Å². The lowest BCUT2D eigenvalue weighted by Crippen LogP contribution is -2.07. The van der Waals surface area contributed by atoms with Crippen LogP contribution in [0.25, 0.3) is 31.1 Å². The van der Waals surface area contributed by atoms with Gasteiger partial charge in [-0.15, -0.1) is 11.3 Å². The number of nitrogens with one attached hydrogen (secondary N) is 1. The Labute approximate surface area is 163 Å². The number of nitrogens with zero attached hydrogens (tertiary/aromatic N) is 2. The van der Waals surface area contributed by atoms with E-state index in [1.54, 1.807) is 18.5 Å². The summed E-state index contributed by atoms with van der Waals surface area (Å²) in [4.78, 5) is 22.1. The highest BCUT2D eigenvalue weighted by molar-refractivity contribution is 7.25. The van der Waals surface area contributed by atoms with Crippen LogP contribution in [0.5, 0.6) is 0 Å². The molecule has 1 N–H and O–H groups in total. The van der Waals surface area contributed by atoms with Gasteiger partial charge in [0, 0.05) is 34.4 Å². The number of benzene rings is 2. The van der Waals surface area contributed by atoms with Crippen molar-refractivity contribution in [3.63, 3.8) is 0 Å².